The number of benzene rings is 2. The second-order valence-corrected chi connectivity index (χ2v) is 4.62. The van der Waals surface area contributed by atoms with Crippen LogP contribution in [0, 0.1) is 0 Å². The van der Waals surface area contributed by atoms with E-state index in [1.54, 1.807) is 24.3 Å². The van der Waals surface area contributed by atoms with Crippen LogP contribution in [-0.2, 0) is 13.0 Å². The van der Waals surface area contributed by atoms with Crippen molar-refractivity contribution < 1.29 is 9.26 Å². The van der Waals surface area contributed by atoms with Gasteiger partial charge >= 0.3 is 0 Å². The van der Waals surface area contributed by atoms with Gasteiger partial charge in [0.2, 0.25) is 0 Å². The highest BCUT2D eigenvalue weighted by molar-refractivity contribution is 5.41. The lowest BCUT2D eigenvalue weighted by Gasteiger charge is -2.02. The molecule has 0 aliphatic carbocycles. The number of nitrogen functional groups attached to an aromatic ring is 1. The van der Waals surface area contributed by atoms with E-state index in [4.69, 9.17) is 15.0 Å². The molecular weight excluding hydrogens is 266 g/mol. The summed E-state index contributed by atoms with van der Waals surface area (Å²) >= 11 is 0. The van der Waals surface area contributed by atoms with Crippen molar-refractivity contribution in [1.29, 1.82) is 0 Å². The number of nitrogens with two attached hydrogens (primary N) is 1. The summed E-state index contributed by atoms with van der Waals surface area (Å²) in [6, 6.07) is 17.2. The molecule has 106 valence electrons. The van der Waals surface area contributed by atoms with E-state index >= 15 is 0 Å². The van der Waals surface area contributed by atoms with Crippen molar-refractivity contribution in [3.05, 3.63) is 71.9 Å². The maximum absolute atomic E-state index is 5.61. The molecule has 5 nitrogen and oxygen atoms in total. The minimum atomic E-state index is 0.242. The minimum Gasteiger partial charge on any atom is -0.484 e. The fourth-order valence-corrected chi connectivity index (χ4v) is 1.91. The third-order valence-electron chi connectivity index (χ3n) is 2.96. The third kappa shape index (κ3) is 3.60. The molecule has 0 spiro atoms. The lowest BCUT2D eigenvalue weighted by atomic mass is 10.1. The zero-order chi connectivity index (χ0) is 14.5. The summed E-state index contributed by atoms with van der Waals surface area (Å²) in [4.78, 5) is 4.31. The molecule has 5 heteroatoms. The molecule has 0 atom stereocenters. The standard InChI is InChI=1S/C16H15N3O2/c17-13-6-8-14(9-7-13)20-11-16-18-15(19-21-16)10-12-4-2-1-3-5-12/h1-9H,10-11,17H2. The summed E-state index contributed by atoms with van der Waals surface area (Å²) in [7, 11) is 0. The summed E-state index contributed by atoms with van der Waals surface area (Å²) in [5, 5.41) is 3.95. The van der Waals surface area contributed by atoms with Gasteiger partial charge in [-0.2, -0.15) is 4.98 Å². The third-order valence-corrected chi connectivity index (χ3v) is 2.96. The van der Waals surface area contributed by atoms with Crippen molar-refractivity contribution in [1.82, 2.24) is 10.1 Å². The van der Waals surface area contributed by atoms with Gasteiger partial charge in [-0.05, 0) is 29.8 Å². The lowest BCUT2D eigenvalue weighted by Crippen LogP contribution is -1.97. The van der Waals surface area contributed by atoms with Crippen molar-refractivity contribution in [2.75, 3.05) is 5.73 Å². The highest BCUT2D eigenvalue weighted by Crippen LogP contribution is 2.15. The van der Waals surface area contributed by atoms with E-state index in [-0.39, 0.29) is 6.61 Å². The zero-order valence-corrected chi connectivity index (χ0v) is 11.4. The Morgan fingerprint density at radius 1 is 1.00 bits per heavy atom. The van der Waals surface area contributed by atoms with Gasteiger partial charge in [-0.3, -0.25) is 0 Å². The molecule has 1 aromatic heterocycles. The molecule has 0 saturated carbocycles. The van der Waals surface area contributed by atoms with Gasteiger partial charge in [-0.15, -0.1) is 0 Å². The number of anilines is 1. The topological polar surface area (TPSA) is 74.2 Å². The van der Waals surface area contributed by atoms with Gasteiger partial charge in [-0.1, -0.05) is 35.5 Å². The van der Waals surface area contributed by atoms with Gasteiger partial charge in [-0.25, -0.2) is 0 Å². The molecule has 1 heterocycles. The number of hydrogen-bond donors (Lipinski definition) is 1. The SMILES string of the molecule is Nc1ccc(OCc2nc(Cc3ccccc3)no2)cc1. The van der Waals surface area contributed by atoms with Gasteiger partial charge in [0, 0.05) is 12.1 Å². The van der Waals surface area contributed by atoms with E-state index in [9.17, 15) is 0 Å². The van der Waals surface area contributed by atoms with Gasteiger partial charge < -0.3 is 15.0 Å². The van der Waals surface area contributed by atoms with Crippen molar-refractivity contribution in [3.8, 4) is 5.75 Å². The van der Waals surface area contributed by atoms with Crippen LogP contribution in [0.4, 0.5) is 5.69 Å². The van der Waals surface area contributed by atoms with Crippen molar-refractivity contribution in [2.45, 2.75) is 13.0 Å². The minimum absolute atomic E-state index is 0.242. The highest BCUT2D eigenvalue weighted by atomic mass is 16.5. The van der Waals surface area contributed by atoms with E-state index in [2.05, 4.69) is 10.1 Å². The Hall–Kier alpha value is -2.82. The van der Waals surface area contributed by atoms with Crippen molar-refractivity contribution in [2.24, 2.45) is 0 Å². The average Bonchev–Trinajstić information content (AvgIpc) is 2.95. The Labute approximate surface area is 122 Å². The maximum atomic E-state index is 5.61. The first-order valence-electron chi connectivity index (χ1n) is 6.63. The second kappa shape index (κ2) is 6.09. The Morgan fingerprint density at radius 3 is 2.52 bits per heavy atom. The van der Waals surface area contributed by atoms with Crippen LogP contribution in [0.1, 0.15) is 17.3 Å². The predicted molar refractivity (Wildman–Crippen MR) is 78.7 cm³/mol. The lowest BCUT2D eigenvalue weighted by molar-refractivity contribution is 0.242. The van der Waals surface area contributed by atoms with Crippen LogP contribution < -0.4 is 10.5 Å². The smallest absolute Gasteiger partial charge is 0.264 e. The molecule has 0 saturated heterocycles. The van der Waals surface area contributed by atoms with Gasteiger partial charge in [0.1, 0.15) is 5.75 Å². The van der Waals surface area contributed by atoms with Crippen LogP contribution in [0.25, 0.3) is 0 Å². The first kappa shape index (κ1) is 13.2. The van der Waals surface area contributed by atoms with Crippen LogP contribution >= 0.6 is 0 Å². The van der Waals surface area contributed by atoms with E-state index in [1.807, 2.05) is 30.3 Å². The molecule has 0 radical (unpaired) electrons. The van der Waals surface area contributed by atoms with Gasteiger partial charge in [0.25, 0.3) is 5.89 Å². The summed E-state index contributed by atoms with van der Waals surface area (Å²) in [6.45, 7) is 0.242. The largest absolute Gasteiger partial charge is 0.484 e. The second-order valence-electron chi connectivity index (χ2n) is 4.62. The molecule has 0 amide bonds. The van der Waals surface area contributed by atoms with E-state index < -0.39 is 0 Å². The number of rotatable bonds is 5. The first-order chi connectivity index (χ1) is 10.3. The molecule has 3 aromatic rings. The van der Waals surface area contributed by atoms with Crippen LogP contribution in [-0.4, -0.2) is 10.1 Å². The van der Waals surface area contributed by atoms with E-state index in [0.717, 1.165) is 5.56 Å². The molecule has 3 rings (SSSR count). The number of nitrogens with zero attached hydrogens (tertiary/aromatic N) is 2. The van der Waals surface area contributed by atoms with Crippen molar-refractivity contribution >= 4 is 5.69 Å². The molecule has 0 bridgehead atoms. The van der Waals surface area contributed by atoms with Gasteiger partial charge in [0.15, 0.2) is 12.4 Å². The summed E-state index contributed by atoms with van der Waals surface area (Å²) < 4.78 is 10.7. The molecule has 21 heavy (non-hydrogen) atoms. The normalized spacial score (nSPS) is 10.5. The molecule has 2 aromatic carbocycles. The van der Waals surface area contributed by atoms with Crippen molar-refractivity contribution in [3.63, 3.8) is 0 Å². The quantitative estimate of drug-likeness (QED) is 0.728. The Bertz CT molecular complexity index is 693. The fourth-order valence-electron chi connectivity index (χ4n) is 1.91. The Kier molecular flexibility index (Phi) is 3.82. The molecular formula is C16H15N3O2. The van der Waals surface area contributed by atoms with Crippen LogP contribution in [0.5, 0.6) is 5.75 Å². The maximum Gasteiger partial charge on any atom is 0.264 e. The summed E-state index contributed by atoms with van der Waals surface area (Å²) in [6.07, 6.45) is 0.645. The average molecular weight is 281 g/mol. The van der Waals surface area contributed by atoms with E-state index in [0.29, 0.717) is 29.6 Å². The number of ether oxygens (including phenoxy) is 1. The van der Waals surface area contributed by atoms with E-state index in [1.165, 1.54) is 0 Å². The molecule has 0 unspecified atom stereocenters. The Balaban J connectivity index is 1.59. The monoisotopic (exact) mass is 281 g/mol. The summed E-state index contributed by atoms with van der Waals surface area (Å²) in [5.74, 6) is 1.82. The summed E-state index contributed by atoms with van der Waals surface area (Å²) in [5.41, 5.74) is 7.46. The fraction of sp³-hybridized carbons (Fsp3) is 0.125. The molecule has 0 fully saturated rings. The number of hydrogen-bond acceptors (Lipinski definition) is 5. The zero-order valence-electron chi connectivity index (χ0n) is 11.4. The van der Waals surface area contributed by atoms with Gasteiger partial charge in [0.05, 0.1) is 0 Å². The van der Waals surface area contributed by atoms with Crippen LogP contribution in [0.3, 0.4) is 0 Å². The Morgan fingerprint density at radius 2 is 1.76 bits per heavy atom. The molecule has 0 aliphatic rings. The van der Waals surface area contributed by atoms with Crippen LogP contribution in [0.15, 0.2) is 59.1 Å². The molecule has 2 N–H and O–H groups in total. The first-order valence-corrected chi connectivity index (χ1v) is 6.63. The van der Waals surface area contributed by atoms with Crippen LogP contribution in [0.2, 0.25) is 0 Å². The highest BCUT2D eigenvalue weighted by Gasteiger charge is 2.07. The molecule has 0 aliphatic heterocycles. The predicted octanol–water partition coefficient (Wildman–Crippen LogP) is 2.82. The number of aromatic nitrogens is 2.